The number of aryl methyl sites for hydroxylation is 1. The van der Waals surface area contributed by atoms with Crippen molar-refractivity contribution in [1.29, 1.82) is 5.26 Å². The highest BCUT2D eigenvalue weighted by Gasteiger charge is 2.14. The molecule has 104 valence electrons. The molecule has 1 heterocycles. The van der Waals surface area contributed by atoms with Gasteiger partial charge in [0.1, 0.15) is 0 Å². The SMILES string of the molecule is Cn1nc(CC(O)c2cccc(C#N)c2)c2ccccc21. The molecule has 1 atom stereocenters. The number of benzene rings is 2. The maximum Gasteiger partial charge on any atom is 0.0991 e. The molecule has 0 aliphatic heterocycles. The van der Waals surface area contributed by atoms with Crippen molar-refractivity contribution in [2.45, 2.75) is 12.5 Å². The number of aliphatic hydroxyl groups is 1. The first-order valence-electron chi connectivity index (χ1n) is 6.78. The van der Waals surface area contributed by atoms with Crippen LogP contribution in [0.15, 0.2) is 48.5 Å². The van der Waals surface area contributed by atoms with Crippen molar-refractivity contribution in [3.8, 4) is 6.07 Å². The minimum Gasteiger partial charge on any atom is -0.388 e. The smallest absolute Gasteiger partial charge is 0.0991 e. The van der Waals surface area contributed by atoms with Gasteiger partial charge in [0.05, 0.1) is 28.9 Å². The zero-order valence-corrected chi connectivity index (χ0v) is 11.7. The number of nitrogens with zero attached hydrogens (tertiary/aromatic N) is 3. The Kier molecular flexibility index (Phi) is 3.43. The average Bonchev–Trinajstić information content (AvgIpc) is 2.84. The fourth-order valence-electron chi connectivity index (χ4n) is 2.56. The van der Waals surface area contributed by atoms with E-state index < -0.39 is 6.10 Å². The number of hydrogen-bond acceptors (Lipinski definition) is 3. The summed E-state index contributed by atoms with van der Waals surface area (Å²) in [5, 5.41) is 24.9. The number of para-hydroxylation sites is 1. The van der Waals surface area contributed by atoms with E-state index >= 15 is 0 Å². The highest BCUT2D eigenvalue weighted by molar-refractivity contribution is 5.81. The van der Waals surface area contributed by atoms with E-state index in [4.69, 9.17) is 5.26 Å². The number of rotatable bonds is 3. The largest absolute Gasteiger partial charge is 0.388 e. The van der Waals surface area contributed by atoms with E-state index in [-0.39, 0.29) is 0 Å². The summed E-state index contributed by atoms with van der Waals surface area (Å²) in [5.41, 5.74) is 3.20. The number of hydrogen-bond donors (Lipinski definition) is 1. The van der Waals surface area contributed by atoms with Gasteiger partial charge in [0, 0.05) is 18.9 Å². The van der Waals surface area contributed by atoms with E-state index in [1.165, 1.54) is 0 Å². The van der Waals surface area contributed by atoms with Crippen molar-refractivity contribution >= 4 is 10.9 Å². The number of aromatic nitrogens is 2. The van der Waals surface area contributed by atoms with Gasteiger partial charge in [0.15, 0.2) is 0 Å². The molecule has 0 saturated carbocycles. The molecular weight excluding hydrogens is 262 g/mol. The number of fused-ring (bicyclic) bond motifs is 1. The van der Waals surface area contributed by atoms with Crippen LogP contribution in [0.25, 0.3) is 10.9 Å². The second kappa shape index (κ2) is 5.39. The van der Waals surface area contributed by atoms with E-state index in [9.17, 15) is 5.11 Å². The third-order valence-electron chi connectivity index (χ3n) is 3.62. The van der Waals surface area contributed by atoms with E-state index in [0.29, 0.717) is 12.0 Å². The third-order valence-corrected chi connectivity index (χ3v) is 3.62. The molecule has 0 bridgehead atoms. The zero-order chi connectivity index (χ0) is 14.8. The Bertz CT molecular complexity index is 829. The molecule has 3 aromatic rings. The molecule has 1 unspecified atom stereocenters. The van der Waals surface area contributed by atoms with Gasteiger partial charge in [0.2, 0.25) is 0 Å². The summed E-state index contributed by atoms with van der Waals surface area (Å²) >= 11 is 0. The molecule has 0 saturated heterocycles. The standard InChI is InChI=1S/C17H15N3O/c1-20-16-8-3-2-7-14(16)15(19-20)10-17(21)13-6-4-5-12(9-13)11-18/h2-9,17,21H,10H2,1H3. The second-order valence-corrected chi connectivity index (χ2v) is 5.04. The molecule has 0 radical (unpaired) electrons. The van der Waals surface area contributed by atoms with Crippen LogP contribution in [-0.4, -0.2) is 14.9 Å². The normalized spacial score (nSPS) is 12.2. The number of nitriles is 1. The average molecular weight is 277 g/mol. The van der Waals surface area contributed by atoms with Crippen LogP contribution in [0.2, 0.25) is 0 Å². The lowest BCUT2D eigenvalue weighted by molar-refractivity contribution is 0.177. The van der Waals surface area contributed by atoms with Gasteiger partial charge in [-0.2, -0.15) is 10.4 Å². The molecular formula is C17H15N3O. The summed E-state index contributed by atoms with van der Waals surface area (Å²) in [4.78, 5) is 0. The predicted molar refractivity (Wildman–Crippen MR) is 80.5 cm³/mol. The van der Waals surface area contributed by atoms with E-state index in [2.05, 4.69) is 11.2 Å². The maximum absolute atomic E-state index is 10.4. The Morgan fingerprint density at radius 2 is 2.05 bits per heavy atom. The van der Waals surface area contributed by atoms with Crippen molar-refractivity contribution in [2.24, 2.45) is 7.05 Å². The van der Waals surface area contributed by atoms with Gasteiger partial charge in [-0.1, -0.05) is 30.3 Å². The van der Waals surface area contributed by atoms with Crippen LogP contribution in [0.3, 0.4) is 0 Å². The Morgan fingerprint density at radius 1 is 1.24 bits per heavy atom. The lowest BCUT2D eigenvalue weighted by Crippen LogP contribution is -2.03. The summed E-state index contributed by atoms with van der Waals surface area (Å²) < 4.78 is 1.82. The van der Waals surface area contributed by atoms with Crippen molar-refractivity contribution < 1.29 is 5.11 Å². The Balaban J connectivity index is 1.93. The quantitative estimate of drug-likeness (QED) is 0.800. The summed E-state index contributed by atoms with van der Waals surface area (Å²) in [5.74, 6) is 0. The molecule has 1 N–H and O–H groups in total. The molecule has 0 aliphatic rings. The Labute approximate surface area is 122 Å². The van der Waals surface area contributed by atoms with Crippen LogP contribution >= 0.6 is 0 Å². The highest BCUT2D eigenvalue weighted by Crippen LogP contribution is 2.24. The van der Waals surface area contributed by atoms with E-state index in [1.54, 1.807) is 18.2 Å². The first kappa shape index (κ1) is 13.3. The molecule has 0 aliphatic carbocycles. The van der Waals surface area contributed by atoms with Crippen LogP contribution in [0.5, 0.6) is 0 Å². The van der Waals surface area contributed by atoms with Gasteiger partial charge in [-0.3, -0.25) is 4.68 Å². The Hall–Kier alpha value is -2.64. The van der Waals surface area contributed by atoms with Gasteiger partial charge in [0.25, 0.3) is 0 Å². The fraction of sp³-hybridized carbons (Fsp3) is 0.176. The summed E-state index contributed by atoms with van der Waals surface area (Å²) in [6.45, 7) is 0. The molecule has 4 heteroatoms. The van der Waals surface area contributed by atoms with Crippen LogP contribution in [0.1, 0.15) is 22.9 Å². The summed E-state index contributed by atoms with van der Waals surface area (Å²) in [7, 11) is 1.90. The number of aliphatic hydroxyl groups excluding tert-OH is 1. The predicted octanol–water partition coefficient (Wildman–Crippen LogP) is 2.72. The highest BCUT2D eigenvalue weighted by atomic mass is 16.3. The minimum absolute atomic E-state index is 0.427. The van der Waals surface area contributed by atoms with Crippen molar-refractivity contribution in [3.63, 3.8) is 0 Å². The molecule has 21 heavy (non-hydrogen) atoms. The van der Waals surface area contributed by atoms with Crippen molar-refractivity contribution in [2.75, 3.05) is 0 Å². The van der Waals surface area contributed by atoms with Crippen LogP contribution < -0.4 is 0 Å². The summed E-state index contributed by atoms with van der Waals surface area (Å²) in [6.07, 6.45) is -0.243. The molecule has 0 fully saturated rings. The van der Waals surface area contributed by atoms with Crippen molar-refractivity contribution in [1.82, 2.24) is 9.78 Å². The third kappa shape index (κ3) is 2.51. The molecule has 4 nitrogen and oxygen atoms in total. The van der Waals surface area contributed by atoms with Gasteiger partial charge < -0.3 is 5.11 Å². The topological polar surface area (TPSA) is 61.8 Å². The van der Waals surface area contributed by atoms with Crippen molar-refractivity contribution in [3.05, 3.63) is 65.4 Å². The van der Waals surface area contributed by atoms with Gasteiger partial charge in [-0.05, 0) is 23.8 Å². The molecule has 3 rings (SSSR count). The summed E-state index contributed by atoms with van der Waals surface area (Å²) in [6, 6.07) is 17.1. The van der Waals surface area contributed by atoms with Crippen LogP contribution in [-0.2, 0) is 13.5 Å². The van der Waals surface area contributed by atoms with Crippen LogP contribution in [0, 0.1) is 11.3 Å². The van der Waals surface area contributed by atoms with Gasteiger partial charge >= 0.3 is 0 Å². The van der Waals surface area contributed by atoms with E-state index in [1.807, 2.05) is 42.1 Å². The lowest BCUT2D eigenvalue weighted by atomic mass is 10.0. The Morgan fingerprint density at radius 3 is 2.86 bits per heavy atom. The van der Waals surface area contributed by atoms with Gasteiger partial charge in [-0.15, -0.1) is 0 Å². The maximum atomic E-state index is 10.4. The fourth-order valence-corrected chi connectivity index (χ4v) is 2.56. The lowest BCUT2D eigenvalue weighted by Gasteiger charge is -2.09. The molecule has 0 spiro atoms. The van der Waals surface area contributed by atoms with Crippen LogP contribution in [0.4, 0.5) is 0 Å². The zero-order valence-electron chi connectivity index (χ0n) is 11.7. The molecule has 1 aromatic heterocycles. The van der Waals surface area contributed by atoms with E-state index in [0.717, 1.165) is 22.2 Å². The monoisotopic (exact) mass is 277 g/mol. The second-order valence-electron chi connectivity index (χ2n) is 5.04. The first-order chi connectivity index (χ1) is 10.2. The molecule has 0 amide bonds. The molecule has 2 aromatic carbocycles. The minimum atomic E-state index is -0.670. The first-order valence-corrected chi connectivity index (χ1v) is 6.78. The van der Waals surface area contributed by atoms with Gasteiger partial charge in [-0.25, -0.2) is 0 Å².